The highest BCUT2D eigenvalue weighted by Crippen LogP contribution is 2.21. The molecular formula is C15H25N5O. The number of hydrogen-bond donors (Lipinski definition) is 2. The first kappa shape index (κ1) is 15.7. The van der Waals surface area contributed by atoms with Crippen LogP contribution < -0.4 is 15.5 Å². The van der Waals surface area contributed by atoms with E-state index in [9.17, 15) is 4.79 Å². The molecule has 2 N–H and O–H groups in total. The molecule has 0 spiro atoms. The number of nitrogens with one attached hydrogen (secondary N) is 2. The van der Waals surface area contributed by atoms with Gasteiger partial charge in [0.15, 0.2) is 0 Å². The molecule has 21 heavy (non-hydrogen) atoms. The molecule has 2 rings (SSSR count). The molecule has 0 bridgehead atoms. The van der Waals surface area contributed by atoms with E-state index in [2.05, 4.69) is 34.4 Å². The van der Waals surface area contributed by atoms with E-state index in [1.807, 2.05) is 17.3 Å². The van der Waals surface area contributed by atoms with Crippen LogP contribution in [0.15, 0.2) is 12.4 Å². The van der Waals surface area contributed by atoms with Crippen molar-refractivity contribution in [2.45, 2.75) is 51.7 Å². The molecule has 116 valence electrons. The van der Waals surface area contributed by atoms with Crippen LogP contribution in [0.25, 0.3) is 0 Å². The molecule has 1 saturated heterocycles. The lowest BCUT2D eigenvalue weighted by Gasteiger charge is -2.34. The number of carbonyl (C=O) groups is 1. The molecule has 6 heteroatoms. The SMILES string of the molecule is CNC(=O)C1CCCCN1c1ncc(CNC(C)C)cn1. The summed E-state index contributed by atoms with van der Waals surface area (Å²) in [5, 5.41) is 6.07. The van der Waals surface area contributed by atoms with Crippen LogP contribution in [0, 0.1) is 0 Å². The minimum atomic E-state index is -0.150. The Morgan fingerprint density at radius 3 is 2.71 bits per heavy atom. The van der Waals surface area contributed by atoms with Crippen LogP contribution >= 0.6 is 0 Å². The van der Waals surface area contributed by atoms with Crippen LogP contribution in [0.3, 0.4) is 0 Å². The normalized spacial score (nSPS) is 18.9. The molecule has 1 atom stereocenters. The third kappa shape index (κ3) is 4.14. The van der Waals surface area contributed by atoms with E-state index >= 15 is 0 Å². The van der Waals surface area contributed by atoms with Crippen molar-refractivity contribution < 1.29 is 4.79 Å². The number of aromatic nitrogens is 2. The zero-order valence-corrected chi connectivity index (χ0v) is 13.1. The Bertz CT molecular complexity index is 460. The third-order valence-electron chi connectivity index (χ3n) is 3.71. The molecule has 1 unspecified atom stereocenters. The van der Waals surface area contributed by atoms with E-state index in [1.54, 1.807) is 7.05 Å². The van der Waals surface area contributed by atoms with Gasteiger partial charge in [-0.3, -0.25) is 4.79 Å². The van der Waals surface area contributed by atoms with E-state index in [4.69, 9.17) is 0 Å². The van der Waals surface area contributed by atoms with Crippen molar-refractivity contribution in [1.82, 2.24) is 20.6 Å². The minimum Gasteiger partial charge on any atom is -0.357 e. The second-order valence-electron chi connectivity index (χ2n) is 5.75. The van der Waals surface area contributed by atoms with Gasteiger partial charge < -0.3 is 15.5 Å². The standard InChI is InChI=1S/C15H25N5O/c1-11(2)17-8-12-9-18-15(19-10-12)20-7-5-4-6-13(20)14(21)16-3/h9-11,13,17H,4-8H2,1-3H3,(H,16,21). The van der Waals surface area contributed by atoms with Gasteiger partial charge in [0.25, 0.3) is 0 Å². The van der Waals surface area contributed by atoms with Gasteiger partial charge in [0.2, 0.25) is 11.9 Å². The van der Waals surface area contributed by atoms with Crippen LogP contribution in [0.2, 0.25) is 0 Å². The third-order valence-corrected chi connectivity index (χ3v) is 3.71. The number of likely N-dealkylation sites (N-methyl/N-ethyl adjacent to an activating group) is 1. The zero-order valence-electron chi connectivity index (χ0n) is 13.1. The Hall–Kier alpha value is -1.69. The number of hydrogen-bond acceptors (Lipinski definition) is 5. The van der Waals surface area contributed by atoms with Gasteiger partial charge in [-0.15, -0.1) is 0 Å². The number of amides is 1. The summed E-state index contributed by atoms with van der Waals surface area (Å²) in [5.74, 6) is 0.695. The van der Waals surface area contributed by atoms with E-state index in [0.717, 1.165) is 37.9 Å². The van der Waals surface area contributed by atoms with Gasteiger partial charge in [0, 0.05) is 44.1 Å². The molecule has 6 nitrogen and oxygen atoms in total. The quantitative estimate of drug-likeness (QED) is 0.849. The highest BCUT2D eigenvalue weighted by molar-refractivity contribution is 5.84. The Labute approximate surface area is 126 Å². The maximum Gasteiger partial charge on any atom is 0.242 e. The molecule has 1 aliphatic heterocycles. The highest BCUT2D eigenvalue weighted by atomic mass is 16.2. The average molecular weight is 291 g/mol. The lowest BCUT2D eigenvalue weighted by Crippen LogP contribution is -2.49. The second kappa shape index (κ2) is 7.36. The van der Waals surface area contributed by atoms with Crippen molar-refractivity contribution >= 4 is 11.9 Å². The fourth-order valence-electron chi connectivity index (χ4n) is 2.52. The van der Waals surface area contributed by atoms with Crippen LogP contribution in [0.5, 0.6) is 0 Å². The fraction of sp³-hybridized carbons (Fsp3) is 0.667. The summed E-state index contributed by atoms with van der Waals surface area (Å²) < 4.78 is 0. The summed E-state index contributed by atoms with van der Waals surface area (Å²) in [5.41, 5.74) is 1.06. The van der Waals surface area contributed by atoms with Gasteiger partial charge in [-0.25, -0.2) is 9.97 Å². The smallest absolute Gasteiger partial charge is 0.242 e. The molecule has 2 heterocycles. The van der Waals surface area contributed by atoms with Crippen molar-refractivity contribution in [2.24, 2.45) is 0 Å². The number of nitrogens with zero attached hydrogens (tertiary/aromatic N) is 3. The predicted molar refractivity (Wildman–Crippen MR) is 83.1 cm³/mol. The predicted octanol–water partition coefficient (Wildman–Crippen LogP) is 1.08. The van der Waals surface area contributed by atoms with Gasteiger partial charge in [-0.1, -0.05) is 13.8 Å². The van der Waals surface area contributed by atoms with E-state index < -0.39 is 0 Å². The molecular weight excluding hydrogens is 266 g/mol. The summed E-state index contributed by atoms with van der Waals surface area (Å²) in [4.78, 5) is 22.9. The average Bonchev–Trinajstić information content (AvgIpc) is 2.52. The molecule has 1 amide bonds. The molecule has 1 aliphatic rings. The van der Waals surface area contributed by atoms with Crippen LogP contribution in [-0.4, -0.2) is 41.6 Å². The molecule has 1 aromatic heterocycles. The second-order valence-corrected chi connectivity index (χ2v) is 5.75. The van der Waals surface area contributed by atoms with Crippen LogP contribution in [0.1, 0.15) is 38.7 Å². The molecule has 0 aromatic carbocycles. The van der Waals surface area contributed by atoms with E-state index in [0.29, 0.717) is 12.0 Å². The minimum absolute atomic E-state index is 0.0452. The largest absolute Gasteiger partial charge is 0.357 e. The lowest BCUT2D eigenvalue weighted by atomic mass is 10.0. The number of carbonyl (C=O) groups excluding carboxylic acids is 1. The maximum absolute atomic E-state index is 12.0. The number of anilines is 1. The summed E-state index contributed by atoms with van der Waals surface area (Å²) in [6, 6.07) is 0.285. The Morgan fingerprint density at radius 2 is 2.10 bits per heavy atom. The molecule has 0 aliphatic carbocycles. The summed E-state index contributed by atoms with van der Waals surface area (Å²) >= 11 is 0. The van der Waals surface area contributed by atoms with E-state index in [-0.39, 0.29) is 11.9 Å². The molecule has 0 radical (unpaired) electrons. The van der Waals surface area contributed by atoms with Crippen molar-refractivity contribution in [3.05, 3.63) is 18.0 Å². The summed E-state index contributed by atoms with van der Waals surface area (Å²) in [6.45, 7) is 5.81. The monoisotopic (exact) mass is 291 g/mol. The molecule has 1 aromatic rings. The Balaban J connectivity index is 2.07. The van der Waals surface area contributed by atoms with Crippen molar-refractivity contribution in [3.8, 4) is 0 Å². The van der Waals surface area contributed by atoms with Crippen molar-refractivity contribution in [3.63, 3.8) is 0 Å². The first-order chi connectivity index (χ1) is 10.1. The first-order valence-electron chi connectivity index (χ1n) is 7.64. The van der Waals surface area contributed by atoms with Gasteiger partial charge in [-0.2, -0.15) is 0 Å². The number of piperidine rings is 1. The van der Waals surface area contributed by atoms with Crippen molar-refractivity contribution in [1.29, 1.82) is 0 Å². The van der Waals surface area contributed by atoms with Crippen LogP contribution in [0.4, 0.5) is 5.95 Å². The zero-order chi connectivity index (χ0) is 15.2. The topological polar surface area (TPSA) is 70.2 Å². The summed E-state index contributed by atoms with van der Waals surface area (Å²) in [6.07, 6.45) is 6.69. The molecule has 1 fully saturated rings. The van der Waals surface area contributed by atoms with Gasteiger partial charge in [-0.05, 0) is 19.3 Å². The van der Waals surface area contributed by atoms with Gasteiger partial charge >= 0.3 is 0 Å². The lowest BCUT2D eigenvalue weighted by molar-refractivity contribution is -0.122. The summed E-state index contributed by atoms with van der Waals surface area (Å²) in [7, 11) is 1.68. The Morgan fingerprint density at radius 1 is 1.38 bits per heavy atom. The van der Waals surface area contributed by atoms with E-state index in [1.165, 1.54) is 0 Å². The molecule has 0 saturated carbocycles. The maximum atomic E-state index is 12.0. The first-order valence-corrected chi connectivity index (χ1v) is 7.64. The van der Waals surface area contributed by atoms with Gasteiger partial charge in [0.1, 0.15) is 6.04 Å². The number of rotatable bonds is 5. The Kier molecular flexibility index (Phi) is 5.50. The van der Waals surface area contributed by atoms with Crippen molar-refractivity contribution in [2.75, 3.05) is 18.5 Å². The highest BCUT2D eigenvalue weighted by Gasteiger charge is 2.29. The fourth-order valence-corrected chi connectivity index (χ4v) is 2.52. The van der Waals surface area contributed by atoms with Gasteiger partial charge in [0.05, 0.1) is 0 Å². The van der Waals surface area contributed by atoms with Crippen LogP contribution in [-0.2, 0) is 11.3 Å².